The van der Waals surface area contributed by atoms with Crippen molar-refractivity contribution in [3.63, 3.8) is 0 Å². The van der Waals surface area contributed by atoms with Gasteiger partial charge in [-0.3, -0.25) is 4.99 Å². The van der Waals surface area contributed by atoms with Crippen LogP contribution in [0.1, 0.15) is 19.4 Å². The number of aryl methyl sites for hydroxylation is 1. The van der Waals surface area contributed by atoms with Crippen molar-refractivity contribution in [1.82, 2.24) is 0 Å². The molecule has 0 bridgehead atoms. The van der Waals surface area contributed by atoms with E-state index in [1.165, 1.54) is 5.56 Å². The summed E-state index contributed by atoms with van der Waals surface area (Å²) in [6.45, 7) is 9.53. The zero-order valence-electron chi connectivity index (χ0n) is 8.89. The Hall–Kier alpha value is -1.31. The monoisotopic (exact) mass is 178 g/mol. The molecule has 0 heterocycles. The average molecular weight is 178 g/mol. The number of benzene rings is 1. The van der Waals surface area contributed by atoms with Gasteiger partial charge in [0.05, 0.1) is 11.4 Å². The third-order valence-electron chi connectivity index (χ3n) is 1.59. The second-order valence-electron chi connectivity index (χ2n) is 2.43. The molecule has 0 aromatic heterocycles. The van der Waals surface area contributed by atoms with Gasteiger partial charge in [0.2, 0.25) is 0 Å². The van der Waals surface area contributed by atoms with E-state index in [4.69, 9.17) is 0 Å². The van der Waals surface area contributed by atoms with E-state index in [2.05, 4.69) is 17.0 Å². The average Bonchev–Trinajstić information content (AvgIpc) is 2.20. The van der Waals surface area contributed by atoms with Gasteiger partial charge in [0, 0.05) is 7.05 Å². The molecule has 0 fully saturated rings. The third kappa shape index (κ3) is 3.28. The summed E-state index contributed by atoms with van der Waals surface area (Å²) in [5.74, 6) is 0. The molecule has 0 spiro atoms. The van der Waals surface area contributed by atoms with Crippen LogP contribution < -0.4 is 5.32 Å². The van der Waals surface area contributed by atoms with Crippen molar-refractivity contribution in [1.29, 1.82) is 0 Å². The largest absolute Gasteiger partial charge is 0.386 e. The van der Waals surface area contributed by atoms with E-state index in [0.29, 0.717) is 0 Å². The Balaban J connectivity index is 0.000000671. The van der Waals surface area contributed by atoms with Crippen molar-refractivity contribution < 1.29 is 0 Å². The molecule has 0 aliphatic carbocycles. The van der Waals surface area contributed by atoms with Crippen LogP contribution in [-0.2, 0) is 0 Å². The first-order valence-corrected chi connectivity index (χ1v) is 4.53. The van der Waals surface area contributed by atoms with Crippen LogP contribution in [0.15, 0.2) is 23.2 Å². The molecule has 13 heavy (non-hydrogen) atoms. The van der Waals surface area contributed by atoms with Crippen LogP contribution in [0, 0.1) is 6.92 Å². The minimum Gasteiger partial charge on any atom is -0.386 e. The number of nitrogens with zero attached hydrogens (tertiary/aromatic N) is 1. The quantitative estimate of drug-likeness (QED) is 0.690. The first-order valence-electron chi connectivity index (χ1n) is 4.53. The van der Waals surface area contributed by atoms with Gasteiger partial charge < -0.3 is 5.32 Å². The van der Waals surface area contributed by atoms with E-state index < -0.39 is 0 Å². The van der Waals surface area contributed by atoms with E-state index in [9.17, 15) is 0 Å². The molecule has 0 aliphatic heterocycles. The fourth-order valence-corrected chi connectivity index (χ4v) is 0.984. The molecule has 1 aromatic carbocycles. The van der Waals surface area contributed by atoms with Gasteiger partial charge in [-0.2, -0.15) is 0 Å². The summed E-state index contributed by atoms with van der Waals surface area (Å²) in [4.78, 5) is 3.89. The predicted octanol–water partition coefficient (Wildman–Crippen LogP) is 3.40. The molecular weight excluding hydrogens is 160 g/mol. The molecule has 0 radical (unpaired) electrons. The summed E-state index contributed by atoms with van der Waals surface area (Å²) in [7, 11) is 1.87. The molecule has 2 heteroatoms. The summed E-state index contributed by atoms with van der Waals surface area (Å²) in [5, 5.41) is 3.04. The van der Waals surface area contributed by atoms with Crippen molar-refractivity contribution in [2.45, 2.75) is 20.8 Å². The van der Waals surface area contributed by atoms with Crippen molar-refractivity contribution >= 4 is 18.1 Å². The highest BCUT2D eigenvalue weighted by Gasteiger charge is 1.96. The molecule has 2 nitrogen and oxygen atoms in total. The van der Waals surface area contributed by atoms with Crippen molar-refractivity contribution in [2.24, 2.45) is 4.99 Å². The first-order chi connectivity index (χ1) is 6.27. The van der Waals surface area contributed by atoms with Crippen LogP contribution in [0.2, 0.25) is 0 Å². The molecular formula is C11H18N2. The van der Waals surface area contributed by atoms with Gasteiger partial charge in [-0.05, 0) is 31.3 Å². The Morgan fingerprint density at radius 2 is 1.92 bits per heavy atom. The van der Waals surface area contributed by atoms with E-state index in [1.54, 1.807) is 0 Å². The number of aliphatic imine (C=N–C) groups is 1. The highest BCUT2D eigenvalue weighted by atomic mass is 14.9. The molecule has 1 aromatic rings. The highest BCUT2D eigenvalue weighted by molar-refractivity contribution is 5.68. The summed E-state index contributed by atoms with van der Waals surface area (Å²) < 4.78 is 0. The Morgan fingerprint density at radius 3 is 2.38 bits per heavy atom. The fourth-order valence-electron chi connectivity index (χ4n) is 0.984. The summed E-state index contributed by atoms with van der Waals surface area (Å²) in [5.41, 5.74) is 3.13. The van der Waals surface area contributed by atoms with Crippen molar-refractivity contribution in [3.05, 3.63) is 23.8 Å². The maximum Gasteiger partial charge on any atom is 0.0856 e. The lowest BCUT2D eigenvalue weighted by Crippen LogP contribution is -1.87. The Labute approximate surface area is 80.7 Å². The lowest BCUT2D eigenvalue weighted by Gasteiger charge is -2.04. The molecule has 0 amide bonds. The maximum absolute atomic E-state index is 3.89. The number of anilines is 1. The van der Waals surface area contributed by atoms with Crippen molar-refractivity contribution in [2.75, 3.05) is 12.4 Å². The second kappa shape index (κ2) is 6.23. The van der Waals surface area contributed by atoms with E-state index >= 15 is 0 Å². The SMILES string of the molecule is C=Nc1cc(C)ccc1NC.CC. The smallest absolute Gasteiger partial charge is 0.0856 e. The number of hydrogen-bond donors (Lipinski definition) is 1. The van der Waals surface area contributed by atoms with Gasteiger partial charge in [-0.25, -0.2) is 0 Å². The standard InChI is InChI=1S/C9H12N2.C2H6/c1-7-4-5-8(10-2)9(6-7)11-3;1-2/h4-6,10H,3H2,1-2H3;1-2H3. The Morgan fingerprint density at radius 1 is 1.31 bits per heavy atom. The van der Waals surface area contributed by atoms with Gasteiger partial charge in [-0.15, -0.1) is 0 Å². The first kappa shape index (κ1) is 11.7. The van der Waals surface area contributed by atoms with Gasteiger partial charge in [0.25, 0.3) is 0 Å². The molecule has 1 N–H and O–H groups in total. The van der Waals surface area contributed by atoms with Crippen molar-refractivity contribution in [3.8, 4) is 0 Å². The van der Waals surface area contributed by atoms with Gasteiger partial charge in [0.15, 0.2) is 0 Å². The fraction of sp³-hybridized carbons (Fsp3) is 0.364. The Kier molecular flexibility index (Phi) is 5.60. The van der Waals surface area contributed by atoms with Crippen LogP contribution in [0.3, 0.4) is 0 Å². The van der Waals surface area contributed by atoms with Crippen LogP contribution in [0.25, 0.3) is 0 Å². The zero-order chi connectivity index (χ0) is 10.3. The molecule has 0 saturated carbocycles. The lowest BCUT2D eigenvalue weighted by atomic mass is 10.2. The van der Waals surface area contributed by atoms with Crippen LogP contribution in [-0.4, -0.2) is 13.8 Å². The summed E-state index contributed by atoms with van der Waals surface area (Å²) >= 11 is 0. The molecule has 0 aliphatic rings. The number of rotatable bonds is 2. The van der Waals surface area contributed by atoms with Crippen LogP contribution in [0.5, 0.6) is 0 Å². The molecule has 0 atom stereocenters. The molecule has 72 valence electrons. The lowest BCUT2D eigenvalue weighted by molar-refractivity contribution is 1.40. The minimum atomic E-state index is 0.910. The zero-order valence-corrected chi connectivity index (χ0v) is 8.89. The highest BCUT2D eigenvalue weighted by Crippen LogP contribution is 2.24. The Bertz CT molecular complexity index is 267. The third-order valence-corrected chi connectivity index (χ3v) is 1.59. The summed E-state index contributed by atoms with van der Waals surface area (Å²) in [6.07, 6.45) is 0. The van der Waals surface area contributed by atoms with Crippen LogP contribution >= 0.6 is 0 Å². The normalized spacial score (nSPS) is 8.31. The minimum absolute atomic E-state index is 0.910. The van der Waals surface area contributed by atoms with Crippen LogP contribution in [0.4, 0.5) is 11.4 Å². The van der Waals surface area contributed by atoms with E-state index in [0.717, 1.165) is 11.4 Å². The van der Waals surface area contributed by atoms with E-state index in [1.807, 2.05) is 46.0 Å². The van der Waals surface area contributed by atoms with Gasteiger partial charge in [-0.1, -0.05) is 19.9 Å². The second-order valence-corrected chi connectivity index (χ2v) is 2.43. The van der Waals surface area contributed by atoms with Gasteiger partial charge in [0.1, 0.15) is 0 Å². The number of hydrogen-bond acceptors (Lipinski definition) is 2. The molecule has 0 unspecified atom stereocenters. The molecule has 0 saturated heterocycles. The maximum atomic E-state index is 3.89. The number of nitrogens with one attached hydrogen (secondary N) is 1. The topological polar surface area (TPSA) is 24.4 Å². The summed E-state index contributed by atoms with van der Waals surface area (Å²) in [6, 6.07) is 6.04. The van der Waals surface area contributed by atoms with E-state index in [-0.39, 0.29) is 0 Å². The van der Waals surface area contributed by atoms with Gasteiger partial charge >= 0.3 is 0 Å². The predicted molar refractivity (Wildman–Crippen MR) is 61.3 cm³/mol. The molecule has 1 rings (SSSR count).